The Hall–Kier alpha value is -7.62. The number of nitrogens with zero attached hydrogens (tertiary/aromatic N) is 2. The summed E-state index contributed by atoms with van der Waals surface area (Å²) in [5, 5.41) is 4.61. The highest BCUT2D eigenvalue weighted by Crippen LogP contribution is 2.51. The number of aromatic nitrogens is 1. The van der Waals surface area contributed by atoms with E-state index in [9.17, 15) is 0 Å². The van der Waals surface area contributed by atoms with Crippen molar-refractivity contribution in [2.24, 2.45) is 0 Å². The molecule has 11 aromatic rings. The van der Waals surface area contributed by atoms with Crippen LogP contribution in [0.1, 0.15) is 25.0 Å². The molecule has 0 atom stereocenters. The number of hydrogen-bond donors (Lipinski definition) is 0. The number of furan rings is 1. The lowest BCUT2D eigenvalue weighted by molar-refractivity contribution is 0.660. The minimum Gasteiger partial charge on any atom is -0.456 e. The molecule has 9 aromatic carbocycles. The summed E-state index contributed by atoms with van der Waals surface area (Å²) in [5.41, 5.74) is 18.3. The molecular formula is C57H40N2O. The minimum absolute atomic E-state index is 0.138. The van der Waals surface area contributed by atoms with Crippen LogP contribution in [0.25, 0.3) is 82.8 Å². The normalized spacial score (nSPS) is 13.0. The van der Waals surface area contributed by atoms with E-state index >= 15 is 0 Å². The molecule has 3 nitrogen and oxygen atoms in total. The number of rotatable bonds is 6. The third kappa shape index (κ3) is 5.15. The van der Waals surface area contributed by atoms with Gasteiger partial charge in [0.2, 0.25) is 0 Å². The van der Waals surface area contributed by atoms with Crippen molar-refractivity contribution in [1.29, 1.82) is 0 Å². The van der Waals surface area contributed by atoms with Crippen molar-refractivity contribution in [3.05, 3.63) is 217 Å². The van der Waals surface area contributed by atoms with Crippen LogP contribution in [0.15, 0.2) is 211 Å². The first-order chi connectivity index (χ1) is 29.5. The summed E-state index contributed by atoms with van der Waals surface area (Å²) < 4.78 is 9.07. The second kappa shape index (κ2) is 13.2. The van der Waals surface area contributed by atoms with Crippen molar-refractivity contribution in [2.45, 2.75) is 19.3 Å². The molecule has 1 aliphatic carbocycles. The van der Waals surface area contributed by atoms with Crippen molar-refractivity contribution in [3.63, 3.8) is 0 Å². The molecule has 0 amide bonds. The number of benzene rings is 9. The van der Waals surface area contributed by atoms with Crippen LogP contribution in [0.2, 0.25) is 0 Å². The maximum Gasteiger partial charge on any atom is 0.137 e. The van der Waals surface area contributed by atoms with E-state index in [1.807, 2.05) is 0 Å². The van der Waals surface area contributed by atoms with Gasteiger partial charge in [0, 0.05) is 44.2 Å². The molecule has 2 aromatic heterocycles. The molecule has 3 heteroatoms. The van der Waals surface area contributed by atoms with Gasteiger partial charge in [-0.15, -0.1) is 0 Å². The Morgan fingerprint density at radius 2 is 0.983 bits per heavy atom. The van der Waals surface area contributed by atoms with Crippen molar-refractivity contribution >= 4 is 60.8 Å². The summed E-state index contributed by atoms with van der Waals surface area (Å²) in [6.45, 7) is 4.71. The van der Waals surface area contributed by atoms with Gasteiger partial charge < -0.3 is 13.9 Å². The molecular weight excluding hydrogens is 729 g/mol. The summed E-state index contributed by atoms with van der Waals surface area (Å²) in [6.07, 6.45) is 0. The van der Waals surface area contributed by atoms with Gasteiger partial charge in [0.25, 0.3) is 0 Å². The van der Waals surface area contributed by atoms with Gasteiger partial charge in [-0.05, 0) is 99.6 Å². The molecule has 2 heterocycles. The summed E-state index contributed by atoms with van der Waals surface area (Å²) in [5.74, 6) is 0. The molecule has 0 N–H and O–H groups in total. The van der Waals surface area contributed by atoms with Crippen LogP contribution in [0, 0.1) is 0 Å². The Balaban J connectivity index is 1.14. The third-order valence-corrected chi connectivity index (χ3v) is 12.8. The van der Waals surface area contributed by atoms with Gasteiger partial charge >= 0.3 is 0 Å². The first-order valence-corrected chi connectivity index (χ1v) is 20.8. The fourth-order valence-corrected chi connectivity index (χ4v) is 9.93. The van der Waals surface area contributed by atoms with E-state index < -0.39 is 0 Å². The van der Waals surface area contributed by atoms with E-state index in [2.05, 4.69) is 230 Å². The first-order valence-electron chi connectivity index (χ1n) is 20.8. The smallest absolute Gasteiger partial charge is 0.137 e. The lowest BCUT2D eigenvalue weighted by Gasteiger charge is -2.28. The predicted octanol–water partition coefficient (Wildman–Crippen LogP) is 15.8. The lowest BCUT2D eigenvalue weighted by atomic mass is 9.82. The summed E-state index contributed by atoms with van der Waals surface area (Å²) in [4.78, 5) is 2.43. The zero-order chi connectivity index (χ0) is 40.0. The second-order valence-electron chi connectivity index (χ2n) is 16.5. The molecule has 0 bridgehead atoms. The van der Waals surface area contributed by atoms with Crippen LogP contribution in [0.4, 0.5) is 17.1 Å². The third-order valence-electron chi connectivity index (χ3n) is 12.8. The fourth-order valence-electron chi connectivity index (χ4n) is 9.93. The number of hydrogen-bond acceptors (Lipinski definition) is 2. The summed E-state index contributed by atoms with van der Waals surface area (Å²) >= 11 is 0. The largest absolute Gasteiger partial charge is 0.456 e. The average Bonchev–Trinajstić information content (AvgIpc) is 3.92. The molecule has 0 radical (unpaired) electrons. The van der Waals surface area contributed by atoms with Crippen LogP contribution in [-0.4, -0.2) is 4.57 Å². The molecule has 1 aliphatic rings. The quantitative estimate of drug-likeness (QED) is 0.168. The second-order valence-corrected chi connectivity index (χ2v) is 16.5. The fraction of sp³-hybridized carbons (Fsp3) is 0.0526. The highest BCUT2D eigenvalue weighted by molar-refractivity contribution is 6.17. The van der Waals surface area contributed by atoms with Crippen molar-refractivity contribution in [1.82, 2.24) is 4.57 Å². The van der Waals surface area contributed by atoms with Crippen LogP contribution in [-0.2, 0) is 5.41 Å². The maximum absolute atomic E-state index is 6.58. The maximum atomic E-state index is 6.58. The van der Waals surface area contributed by atoms with E-state index in [0.717, 1.165) is 66.8 Å². The Labute approximate surface area is 349 Å². The molecule has 0 aliphatic heterocycles. The van der Waals surface area contributed by atoms with Crippen molar-refractivity contribution < 1.29 is 4.42 Å². The molecule has 0 fully saturated rings. The number of fused-ring (bicyclic) bond motifs is 9. The average molecular weight is 769 g/mol. The molecule has 0 unspecified atom stereocenters. The molecule has 0 spiro atoms. The van der Waals surface area contributed by atoms with Crippen LogP contribution in [0.3, 0.4) is 0 Å². The van der Waals surface area contributed by atoms with E-state index in [4.69, 9.17) is 4.42 Å². The summed E-state index contributed by atoms with van der Waals surface area (Å²) in [7, 11) is 0. The van der Waals surface area contributed by atoms with E-state index in [1.165, 1.54) is 44.2 Å². The zero-order valence-corrected chi connectivity index (χ0v) is 33.4. The zero-order valence-electron chi connectivity index (χ0n) is 33.4. The van der Waals surface area contributed by atoms with Gasteiger partial charge in [-0.2, -0.15) is 0 Å². The first kappa shape index (κ1) is 34.4. The SMILES string of the molecule is CC1(C)c2ccccc2-c2ccc(N(c3ccc(-c4ccccc4)cc3)c3ccc4c5ccccc5n(-c5c(-c6ccccc6)ccc6oc7ccccc7c56)c4c3)cc21. The molecule has 60 heavy (non-hydrogen) atoms. The standard InChI is InChI=1S/C57H40N2O/c1-57(2)49-22-12-9-19-44(49)45-31-29-41(35-50(45)57)58(40-27-25-38(26-28-40)37-15-5-3-6-16-37)42-30-32-47-46-20-10-13-23-51(46)59(52(47)36-42)56-43(39-17-7-4-8-18-39)33-34-54-55(56)48-21-11-14-24-53(48)60-54/h3-36H,1-2H3. The topological polar surface area (TPSA) is 21.3 Å². The van der Waals surface area contributed by atoms with Gasteiger partial charge in [0.05, 0.1) is 22.1 Å². The summed E-state index contributed by atoms with van der Waals surface area (Å²) in [6, 6.07) is 74.9. The number of anilines is 3. The minimum atomic E-state index is -0.138. The Kier molecular flexibility index (Phi) is 7.58. The van der Waals surface area contributed by atoms with Crippen LogP contribution >= 0.6 is 0 Å². The monoisotopic (exact) mass is 768 g/mol. The van der Waals surface area contributed by atoms with Gasteiger partial charge in [0.1, 0.15) is 11.2 Å². The number of para-hydroxylation sites is 2. The van der Waals surface area contributed by atoms with Gasteiger partial charge in [-0.1, -0.05) is 159 Å². The molecule has 0 saturated carbocycles. The highest BCUT2D eigenvalue weighted by Gasteiger charge is 2.36. The van der Waals surface area contributed by atoms with Crippen molar-refractivity contribution in [2.75, 3.05) is 4.90 Å². The Morgan fingerprint density at radius 1 is 0.400 bits per heavy atom. The Morgan fingerprint density at radius 3 is 1.80 bits per heavy atom. The van der Waals surface area contributed by atoms with Crippen molar-refractivity contribution in [3.8, 4) is 39.1 Å². The molecule has 12 rings (SSSR count). The lowest BCUT2D eigenvalue weighted by Crippen LogP contribution is -2.16. The van der Waals surface area contributed by atoms with Gasteiger partial charge in [-0.3, -0.25) is 0 Å². The predicted molar refractivity (Wildman–Crippen MR) is 251 cm³/mol. The van der Waals surface area contributed by atoms with Crippen LogP contribution in [0.5, 0.6) is 0 Å². The van der Waals surface area contributed by atoms with E-state index in [0.29, 0.717) is 0 Å². The van der Waals surface area contributed by atoms with Gasteiger partial charge in [0.15, 0.2) is 0 Å². The van der Waals surface area contributed by atoms with E-state index in [-0.39, 0.29) is 5.41 Å². The molecule has 0 saturated heterocycles. The Bertz CT molecular complexity index is 3450. The highest BCUT2D eigenvalue weighted by atomic mass is 16.3. The van der Waals surface area contributed by atoms with Crippen LogP contribution < -0.4 is 4.90 Å². The van der Waals surface area contributed by atoms with E-state index in [1.54, 1.807) is 0 Å². The molecule has 284 valence electrons. The van der Waals surface area contributed by atoms with Gasteiger partial charge in [-0.25, -0.2) is 0 Å².